The van der Waals surface area contributed by atoms with Gasteiger partial charge in [0.15, 0.2) is 0 Å². The van der Waals surface area contributed by atoms with Crippen LogP contribution in [0, 0.1) is 5.92 Å². The summed E-state index contributed by atoms with van der Waals surface area (Å²) in [6, 6.07) is 0.621. The lowest BCUT2D eigenvalue weighted by molar-refractivity contribution is -0.122. The minimum absolute atomic E-state index is 0.253. The van der Waals surface area contributed by atoms with Gasteiger partial charge in [0, 0.05) is 31.6 Å². The van der Waals surface area contributed by atoms with E-state index in [0.29, 0.717) is 12.0 Å². The van der Waals surface area contributed by atoms with Gasteiger partial charge in [0.25, 0.3) is 0 Å². The van der Waals surface area contributed by atoms with Crippen molar-refractivity contribution < 1.29 is 4.79 Å². The summed E-state index contributed by atoms with van der Waals surface area (Å²) >= 11 is 0. The zero-order valence-electron chi connectivity index (χ0n) is 13.0. The second kappa shape index (κ2) is 7.79. The van der Waals surface area contributed by atoms with Gasteiger partial charge in [-0.2, -0.15) is 0 Å². The summed E-state index contributed by atoms with van der Waals surface area (Å²) in [4.78, 5) is 14.0. The van der Waals surface area contributed by atoms with Crippen molar-refractivity contribution in [2.24, 2.45) is 5.92 Å². The first kappa shape index (κ1) is 15.5. The maximum absolute atomic E-state index is 11.5. The Kier molecular flexibility index (Phi) is 6.05. The molecule has 0 aromatic rings. The largest absolute Gasteiger partial charge is 0.355 e. The molecule has 2 aliphatic rings. The van der Waals surface area contributed by atoms with E-state index >= 15 is 0 Å². The number of hydrogen-bond donors (Lipinski definition) is 2. The Morgan fingerprint density at radius 3 is 2.45 bits per heavy atom. The number of piperidine rings is 1. The van der Waals surface area contributed by atoms with Crippen molar-refractivity contribution in [2.75, 3.05) is 32.7 Å². The van der Waals surface area contributed by atoms with Crippen LogP contribution in [0.3, 0.4) is 0 Å². The number of hydrogen-bond acceptors (Lipinski definition) is 3. The van der Waals surface area contributed by atoms with E-state index in [-0.39, 0.29) is 5.91 Å². The molecule has 2 rings (SSSR count). The van der Waals surface area contributed by atoms with Crippen LogP contribution in [0.1, 0.15) is 39.5 Å². The van der Waals surface area contributed by atoms with E-state index in [1.165, 1.54) is 31.5 Å². The maximum Gasteiger partial charge on any atom is 0.223 e. The summed E-state index contributed by atoms with van der Waals surface area (Å²) in [6.07, 6.45) is 6.91. The van der Waals surface area contributed by atoms with Gasteiger partial charge in [0.05, 0.1) is 0 Å². The Bertz CT molecular complexity index is 338. The highest BCUT2D eigenvalue weighted by Gasteiger charge is 2.29. The van der Waals surface area contributed by atoms with Gasteiger partial charge in [0.2, 0.25) is 5.91 Å². The predicted molar refractivity (Wildman–Crippen MR) is 82.6 cm³/mol. The highest BCUT2D eigenvalue weighted by atomic mass is 16.2. The van der Waals surface area contributed by atoms with Crippen molar-refractivity contribution >= 4 is 5.91 Å². The van der Waals surface area contributed by atoms with Crippen LogP contribution < -0.4 is 10.6 Å². The van der Waals surface area contributed by atoms with Crippen molar-refractivity contribution in [3.8, 4) is 0 Å². The van der Waals surface area contributed by atoms with Gasteiger partial charge in [-0.15, -0.1) is 0 Å². The van der Waals surface area contributed by atoms with Crippen molar-refractivity contribution in [3.63, 3.8) is 0 Å². The topological polar surface area (TPSA) is 44.4 Å². The molecule has 1 amide bonds. The Hall–Kier alpha value is -0.870. The fraction of sp³-hybridized carbons (Fsp3) is 0.812. The lowest BCUT2D eigenvalue weighted by Crippen LogP contribution is -2.44. The number of amides is 1. The van der Waals surface area contributed by atoms with E-state index in [4.69, 9.17) is 0 Å². The molecule has 114 valence electrons. The Morgan fingerprint density at radius 2 is 1.85 bits per heavy atom. The molecule has 2 fully saturated rings. The van der Waals surface area contributed by atoms with Gasteiger partial charge in [-0.05, 0) is 52.6 Å². The van der Waals surface area contributed by atoms with E-state index < -0.39 is 0 Å². The van der Waals surface area contributed by atoms with E-state index in [2.05, 4.69) is 35.5 Å². The molecule has 0 bridgehead atoms. The van der Waals surface area contributed by atoms with Gasteiger partial charge >= 0.3 is 0 Å². The SMILES string of the molecule is CC(C)=CCN1CCC(NCCNC(=O)C2CC2)CC1. The fourth-order valence-electron chi connectivity index (χ4n) is 2.58. The van der Waals surface area contributed by atoms with E-state index in [1.807, 2.05) is 0 Å². The summed E-state index contributed by atoms with van der Waals surface area (Å²) in [5.74, 6) is 0.580. The van der Waals surface area contributed by atoms with E-state index in [0.717, 1.165) is 32.5 Å². The smallest absolute Gasteiger partial charge is 0.223 e. The second-order valence-electron chi connectivity index (χ2n) is 6.38. The molecule has 0 radical (unpaired) electrons. The van der Waals surface area contributed by atoms with Crippen LogP contribution in [0.2, 0.25) is 0 Å². The van der Waals surface area contributed by atoms with Crippen LogP contribution in [-0.4, -0.2) is 49.6 Å². The first-order valence-electron chi connectivity index (χ1n) is 8.02. The number of nitrogens with one attached hydrogen (secondary N) is 2. The first-order valence-corrected chi connectivity index (χ1v) is 8.02. The quantitative estimate of drug-likeness (QED) is 0.549. The molecule has 0 unspecified atom stereocenters. The number of nitrogens with zero attached hydrogens (tertiary/aromatic N) is 1. The minimum Gasteiger partial charge on any atom is -0.355 e. The molecule has 0 atom stereocenters. The van der Waals surface area contributed by atoms with E-state index in [1.54, 1.807) is 0 Å². The summed E-state index contributed by atoms with van der Waals surface area (Å²) < 4.78 is 0. The van der Waals surface area contributed by atoms with E-state index in [9.17, 15) is 4.79 Å². The van der Waals surface area contributed by atoms with Crippen LogP contribution in [-0.2, 0) is 4.79 Å². The number of rotatable bonds is 7. The van der Waals surface area contributed by atoms with Gasteiger partial charge in [-0.25, -0.2) is 0 Å². The molecular formula is C16H29N3O. The molecule has 1 heterocycles. The molecule has 0 aromatic heterocycles. The standard InChI is InChI=1S/C16H29N3O/c1-13(2)5-10-19-11-6-15(7-12-19)17-8-9-18-16(20)14-3-4-14/h5,14-15,17H,3-4,6-12H2,1-2H3,(H,18,20). The highest BCUT2D eigenvalue weighted by Crippen LogP contribution is 2.28. The number of carbonyl (C=O) groups is 1. The Labute approximate surface area is 123 Å². The van der Waals surface area contributed by atoms with Gasteiger partial charge in [-0.3, -0.25) is 9.69 Å². The Morgan fingerprint density at radius 1 is 1.15 bits per heavy atom. The molecule has 2 N–H and O–H groups in total. The molecular weight excluding hydrogens is 250 g/mol. The summed E-state index contributed by atoms with van der Waals surface area (Å²) in [5.41, 5.74) is 1.40. The zero-order chi connectivity index (χ0) is 14.4. The molecule has 20 heavy (non-hydrogen) atoms. The third-order valence-corrected chi connectivity index (χ3v) is 4.15. The molecule has 4 nitrogen and oxygen atoms in total. The molecule has 1 aliphatic carbocycles. The number of allylic oxidation sites excluding steroid dienone is 1. The number of likely N-dealkylation sites (tertiary alicyclic amines) is 1. The van der Waals surface area contributed by atoms with Crippen LogP contribution in [0.15, 0.2) is 11.6 Å². The molecule has 1 saturated carbocycles. The monoisotopic (exact) mass is 279 g/mol. The third kappa shape index (κ3) is 5.63. The number of carbonyl (C=O) groups excluding carboxylic acids is 1. The van der Waals surface area contributed by atoms with Gasteiger partial charge in [0.1, 0.15) is 0 Å². The zero-order valence-corrected chi connectivity index (χ0v) is 13.0. The highest BCUT2D eigenvalue weighted by molar-refractivity contribution is 5.80. The average molecular weight is 279 g/mol. The van der Waals surface area contributed by atoms with Gasteiger partial charge < -0.3 is 10.6 Å². The second-order valence-corrected chi connectivity index (χ2v) is 6.38. The first-order chi connectivity index (χ1) is 9.65. The lowest BCUT2D eigenvalue weighted by Gasteiger charge is -2.31. The third-order valence-electron chi connectivity index (χ3n) is 4.15. The average Bonchev–Trinajstić information content (AvgIpc) is 3.27. The minimum atomic E-state index is 0.253. The van der Waals surface area contributed by atoms with Crippen LogP contribution in [0.5, 0.6) is 0 Å². The van der Waals surface area contributed by atoms with Crippen molar-refractivity contribution in [1.82, 2.24) is 15.5 Å². The maximum atomic E-state index is 11.5. The summed E-state index contributed by atoms with van der Waals surface area (Å²) in [7, 11) is 0. The molecule has 4 heteroatoms. The summed E-state index contributed by atoms with van der Waals surface area (Å²) in [6.45, 7) is 9.43. The predicted octanol–water partition coefficient (Wildman–Crippen LogP) is 1.53. The molecule has 0 aromatic carbocycles. The Balaban J connectivity index is 1.51. The van der Waals surface area contributed by atoms with Crippen molar-refractivity contribution in [3.05, 3.63) is 11.6 Å². The lowest BCUT2D eigenvalue weighted by atomic mass is 10.0. The molecule has 0 spiro atoms. The molecule has 1 saturated heterocycles. The summed E-state index contributed by atoms with van der Waals surface area (Å²) in [5, 5.41) is 6.57. The van der Waals surface area contributed by atoms with Crippen molar-refractivity contribution in [1.29, 1.82) is 0 Å². The van der Waals surface area contributed by atoms with Crippen LogP contribution in [0.4, 0.5) is 0 Å². The fourth-order valence-corrected chi connectivity index (χ4v) is 2.58. The molecule has 1 aliphatic heterocycles. The van der Waals surface area contributed by atoms with Crippen LogP contribution >= 0.6 is 0 Å². The van der Waals surface area contributed by atoms with Crippen LogP contribution in [0.25, 0.3) is 0 Å². The van der Waals surface area contributed by atoms with Crippen molar-refractivity contribution in [2.45, 2.75) is 45.6 Å². The normalized spacial score (nSPS) is 20.7. The van der Waals surface area contributed by atoms with Gasteiger partial charge in [-0.1, -0.05) is 11.6 Å².